The van der Waals surface area contributed by atoms with Gasteiger partial charge in [-0.3, -0.25) is 0 Å². The maximum atomic E-state index is 11.2. The molecule has 19 heavy (non-hydrogen) atoms. The van der Waals surface area contributed by atoms with Crippen LogP contribution in [0, 0.1) is 6.92 Å². The van der Waals surface area contributed by atoms with E-state index in [2.05, 4.69) is 26.2 Å². The highest BCUT2D eigenvalue weighted by Gasteiger charge is 2.22. The molecule has 1 N–H and O–H groups in total. The van der Waals surface area contributed by atoms with Crippen molar-refractivity contribution in [2.45, 2.75) is 26.7 Å². The van der Waals surface area contributed by atoms with E-state index in [-0.39, 0.29) is 11.6 Å². The van der Waals surface area contributed by atoms with Gasteiger partial charge in [-0.15, -0.1) is 5.10 Å². The molecular formula is C13H14BrN3O2. The predicted octanol–water partition coefficient (Wildman–Crippen LogP) is 3.16. The van der Waals surface area contributed by atoms with Crippen LogP contribution in [0.2, 0.25) is 0 Å². The lowest BCUT2D eigenvalue weighted by molar-refractivity contribution is 0.0688. The number of aromatic nitrogens is 3. The zero-order chi connectivity index (χ0) is 14.2. The Morgan fingerprint density at radius 1 is 1.37 bits per heavy atom. The second-order valence-corrected chi connectivity index (χ2v) is 5.60. The molecule has 0 atom stereocenters. The van der Waals surface area contributed by atoms with E-state index in [1.165, 1.54) is 0 Å². The van der Waals surface area contributed by atoms with Gasteiger partial charge in [0.1, 0.15) is 0 Å². The molecule has 1 aromatic heterocycles. The molecular weight excluding hydrogens is 310 g/mol. The Morgan fingerprint density at radius 2 is 2.05 bits per heavy atom. The lowest BCUT2D eigenvalue weighted by Gasteiger charge is -2.11. The summed E-state index contributed by atoms with van der Waals surface area (Å²) in [7, 11) is 0. The van der Waals surface area contributed by atoms with Gasteiger partial charge in [0.2, 0.25) is 0 Å². The quantitative estimate of drug-likeness (QED) is 0.942. The van der Waals surface area contributed by atoms with E-state index < -0.39 is 5.97 Å². The molecule has 5 nitrogen and oxygen atoms in total. The fourth-order valence-electron chi connectivity index (χ4n) is 1.99. The highest BCUT2D eigenvalue weighted by Crippen LogP contribution is 2.24. The van der Waals surface area contributed by atoms with Gasteiger partial charge in [-0.25, -0.2) is 9.48 Å². The molecule has 0 unspecified atom stereocenters. The fourth-order valence-corrected chi connectivity index (χ4v) is 2.59. The van der Waals surface area contributed by atoms with Crippen molar-refractivity contribution in [1.29, 1.82) is 0 Å². The zero-order valence-corrected chi connectivity index (χ0v) is 12.5. The summed E-state index contributed by atoms with van der Waals surface area (Å²) in [5.74, 6) is -1.04. The van der Waals surface area contributed by atoms with Crippen LogP contribution in [0.25, 0.3) is 5.69 Å². The van der Waals surface area contributed by atoms with Crippen molar-refractivity contribution < 1.29 is 9.90 Å². The molecule has 0 saturated carbocycles. The van der Waals surface area contributed by atoms with Crippen molar-refractivity contribution in [3.8, 4) is 5.69 Å². The van der Waals surface area contributed by atoms with Gasteiger partial charge in [0.05, 0.1) is 11.4 Å². The maximum Gasteiger partial charge on any atom is 0.358 e. The minimum Gasteiger partial charge on any atom is -0.476 e. The highest BCUT2D eigenvalue weighted by molar-refractivity contribution is 9.10. The number of benzene rings is 1. The van der Waals surface area contributed by atoms with Gasteiger partial charge in [-0.2, -0.15) is 0 Å². The summed E-state index contributed by atoms with van der Waals surface area (Å²) in [6.07, 6.45) is 0. The molecule has 0 radical (unpaired) electrons. The SMILES string of the molecule is Cc1cc(Br)cc(-n2nnc(C(=O)O)c2C(C)C)c1. The number of rotatable bonds is 3. The number of hydrogen-bond donors (Lipinski definition) is 1. The molecule has 0 aliphatic carbocycles. The number of carboxylic acids is 1. The molecule has 0 spiro atoms. The number of halogens is 1. The van der Waals surface area contributed by atoms with E-state index in [0.29, 0.717) is 5.69 Å². The second kappa shape index (κ2) is 5.13. The first kappa shape index (κ1) is 13.7. The summed E-state index contributed by atoms with van der Waals surface area (Å²) in [4.78, 5) is 11.2. The molecule has 0 fully saturated rings. The van der Waals surface area contributed by atoms with E-state index in [1.54, 1.807) is 4.68 Å². The average Bonchev–Trinajstić information content (AvgIpc) is 2.71. The first-order valence-corrected chi connectivity index (χ1v) is 6.66. The summed E-state index contributed by atoms with van der Waals surface area (Å²) in [6, 6.07) is 5.81. The van der Waals surface area contributed by atoms with E-state index in [0.717, 1.165) is 15.7 Å². The van der Waals surface area contributed by atoms with Crippen LogP contribution in [0.5, 0.6) is 0 Å². The average molecular weight is 324 g/mol. The summed E-state index contributed by atoms with van der Waals surface area (Å²) >= 11 is 3.43. The van der Waals surface area contributed by atoms with E-state index in [4.69, 9.17) is 5.11 Å². The van der Waals surface area contributed by atoms with Crippen LogP contribution >= 0.6 is 15.9 Å². The summed E-state index contributed by atoms with van der Waals surface area (Å²) in [6.45, 7) is 5.82. The van der Waals surface area contributed by atoms with Gasteiger partial charge in [0.25, 0.3) is 0 Å². The molecule has 100 valence electrons. The Balaban J connectivity index is 2.65. The Hall–Kier alpha value is -1.69. The smallest absolute Gasteiger partial charge is 0.358 e. The van der Waals surface area contributed by atoms with Gasteiger partial charge in [0.15, 0.2) is 5.69 Å². The number of hydrogen-bond acceptors (Lipinski definition) is 3. The zero-order valence-electron chi connectivity index (χ0n) is 10.9. The number of aryl methyl sites for hydroxylation is 1. The number of carbonyl (C=O) groups is 1. The van der Waals surface area contributed by atoms with Crippen LogP contribution in [0.4, 0.5) is 0 Å². The Morgan fingerprint density at radius 3 is 2.58 bits per heavy atom. The van der Waals surface area contributed by atoms with E-state index in [9.17, 15) is 4.79 Å². The lowest BCUT2D eigenvalue weighted by Crippen LogP contribution is -2.08. The molecule has 6 heteroatoms. The minimum absolute atomic E-state index is 0.00706. The minimum atomic E-state index is -1.05. The number of carboxylic acid groups (broad SMARTS) is 1. The first-order chi connectivity index (χ1) is 8.90. The number of aromatic carboxylic acids is 1. The van der Waals surface area contributed by atoms with Crippen LogP contribution in [0.3, 0.4) is 0 Å². The van der Waals surface area contributed by atoms with Crippen LogP contribution in [0.15, 0.2) is 22.7 Å². The number of nitrogens with zero attached hydrogens (tertiary/aromatic N) is 3. The fraction of sp³-hybridized carbons (Fsp3) is 0.308. The van der Waals surface area contributed by atoms with Gasteiger partial charge in [-0.05, 0) is 36.6 Å². The Labute approximate surface area is 119 Å². The molecule has 0 bridgehead atoms. The monoisotopic (exact) mass is 323 g/mol. The van der Waals surface area contributed by atoms with Gasteiger partial charge < -0.3 is 5.11 Å². The Bertz CT molecular complexity index is 615. The second-order valence-electron chi connectivity index (χ2n) is 4.68. The molecule has 2 aromatic rings. The standard InChI is InChI=1S/C13H14BrN3O2/c1-7(2)12-11(13(18)19)15-16-17(12)10-5-8(3)4-9(14)6-10/h4-7H,1-3H3,(H,18,19). The highest BCUT2D eigenvalue weighted by atomic mass is 79.9. The van der Waals surface area contributed by atoms with Crippen molar-refractivity contribution in [3.63, 3.8) is 0 Å². The summed E-state index contributed by atoms with van der Waals surface area (Å²) < 4.78 is 2.51. The Kier molecular flexibility index (Phi) is 3.71. The van der Waals surface area contributed by atoms with Crippen LogP contribution in [-0.2, 0) is 0 Å². The summed E-state index contributed by atoms with van der Waals surface area (Å²) in [5, 5.41) is 16.9. The van der Waals surface area contributed by atoms with Crippen molar-refractivity contribution in [3.05, 3.63) is 39.6 Å². The molecule has 0 saturated heterocycles. The van der Waals surface area contributed by atoms with E-state index >= 15 is 0 Å². The first-order valence-electron chi connectivity index (χ1n) is 5.86. The topological polar surface area (TPSA) is 68.0 Å². The van der Waals surface area contributed by atoms with Crippen molar-refractivity contribution in [2.75, 3.05) is 0 Å². The molecule has 0 aliphatic rings. The third-order valence-corrected chi connectivity index (χ3v) is 3.18. The third-order valence-electron chi connectivity index (χ3n) is 2.73. The normalized spacial score (nSPS) is 11.0. The molecule has 0 amide bonds. The molecule has 1 heterocycles. The van der Waals surface area contributed by atoms with Crippen molar-refractivity contribution in [2.24, 2.45) is 0 Å². The summed E-state index contributed by atoms with van der Waals surface area (Å²) in [5.41, 5.74) is 2.47. The van der Waals surface area contributed by atoms with Crippen LogP contribution in [0.1, 0.15) is 41.5 Å². The van der Waals surface area contributed by atoms with Crippen LogP contribution in [-0.4, -0.2) is 26.1 Å². The van der Waals surface area contributed by atoms with Gasteiger partial charge >= 0.3 is 5.97 Å². The van der Waals surface area contributed by atoms with Gasteiger partial charge in [-0.1, -0.05) is 35.0 Å². The van der Waals surface area contributed by atoms with Crippen molar-refractivity contribution in [1.82, 2.24) is 15.0 Å². The maximum absolute atomic E-state index is 11.2. The third kappa shape index (κ3) is 2.68. The largest absolute Gasteiger partial charge is 0.476 e. The van der Waals surface area contributed by atoms with Crippen molar-refractivity contribution >= 4 is 21.9 Å². The lowest BCUT2D eigenvalue weighted by atomic mass is 10.1. The molecule has 0 aliphatic heterocycles. The van der Waals surface area contributed by atoms with E-state index in [1.807, 2.05) is 39.0 Å². The molecule has 1 aromatic carbocycles. The van der Waals surface area contributed by atoms with Gasteiger partial charge in [0, 0.05) is 4.47 Å². The predicted molar refractivity (Wildman–Crippen MR) is 74.8 cm³/mol. The van der Waals surface area contributed by atoms with Crippen LogP contribution < -0.4 is 0 Å². The molecule has 2 rings (SSSR count).